The van der Waals surface area contributed by atoms with Gasteiger partial charge in [0, 0.05) is 37.1 Å². The van der Waals surface area contributed by atoms with E-state index in [1.807, 2.05) is 13.0 Å². The Hall–Kier alpha value is -3.88. The van der Waals surface area contributed by atoms with Crippen molar-refractivity contribution in [1.82, 2.24) is 29.5 Å². The first-order valence-corrected chi connectivity index (χ1v) is 10.6. The fraction of sp³-hybridized carbons (Fsp3) is 0.261. The van der Waals surface area contributed by atoms with E-state index in [2.05, 4.69) is 24.8 Å². The summed E-state index contributed by atoms with van der Waals surface area (Å²) in [5.41, 5.74) is 3.21. The molecule has 162 valence electrons. The largest absolute Gasteiger partial charge is 0.461 e. The van der Waals surface area contributed by atoms with E-state index in [4.69, 9.17) is 14.7 Å². The number of anilines is 1. The van der Waals surface area contributed by atoms with Crippen LogP contribution < -0.4 is 10.1 Å². The third kappa shape index (κ3) is 3.89. The zero-order valence-electron chi connectivity index (χ0n) is 17.6. The summed E-state index contributed by atoms with van der Waals surface area (Å²) in [4.78, 5) is 22.2. The van der Waals surface area contributed by atoms with E-state index in [9.17, 15) is 4.39 Å². The third-order valence-electron chi connectivity index (χ3n) is 5.35. The molecule has 1 aromatic carbocycles. The molecule has 32 heavy (non-hydrogen) atoms. The highest BCUT2D eigenvalue weighted by atomic mass is 19.1. The van der Waals surface area contributed by atoms with E-state index >= 15 is 0 Å². The fourth-order valence-corrected chi connectivity index (χ4v) is 3.95. The molecule has 3 aromatic heterocycles. The van der Waals surface area contributed by atoms with Crippen molar-refractivity contribution in [3.8, 4) is 28.7 Å². The van der Waals surface area contributed by atoms with E-state index in [0.717, 1.165) is 41.3 Å². The van der Waals surface area contributed by atoms with Crippen molar-refractivity contribution in [3.05, 3.63) is 66.6 Å². The fourth-order valence-electron chi connectivity index (χ4n) is 3.95. The number of hydrogen-bond donors (Lipinski definition) is 1. The van der Waals surface area contributed by atoms with Gasteiger partial charge < -0.3 is 14.6 Å². The number of hydrogen-bond acceptors (Lipinski definition) is 7. The predicted octanol–water partition coefficient (Wildman–Crippen LogP) is 3.93. The van der Waals surface area contributed by atoms with Gasteiger partial charge in [-0.15, -0.1) is 0 Å². The number of nitrogens with one attached hydrogen (secondary N) is 1. The Morgan fingerprint density at radius 3 is 2.66 bits per heavy atom. The lowest BCUT2D eigenvalue weighted by molar-refractivity contribution is 0.237. The van der Waals surface area contributed by atoms with Crippen molar-refractivity contribution in [2.24, 2.45) is 0 Å². The molecule has 0 saturated heterocycles. The molecule has 0 bridgehead atoms. The van der Waals surface area contributed by atoms with Gasteiger partial charge in [-0.1, -0.05) is 0 Å². The summed E-state index contributed by atoms with van der Waals surface area (Å²) in [7, 11) is 0. The van der Waals surface area contributed by atoms with E-state index in [0.29, 0.717) is 25.1 Å². The first kappa shape index (κ1) is 20.0. The normalized spacial score (nSPS) is 14.9. The molecule has 0 radical (unpaired) electrons. The van der Waals surface area contributed by atoms with E-state index in [1.165, 1.54) is 12.1 Å². The molecule has 9 heteroatoms. The monoisotopic (exact) mass is 431 g/mol. The van der Waals surface area contributed by atoms with E-state index in [-0.39, 0.29) is 11.9 Å². The van der Waals surface area contributed by atoms with Gasteiger partial charge in [-0.3, -0.25) is 0 Å². The number of fused-ring (bicyclic) bond motifs is 1. The molecule has 8 nitrogen and oxygen atoms in total. The molecule has 0 unspecified atom stereocenters. The molecule has 0 amide bonds. The second kappa shape index (κ2) is 8.70. The maximum absolute atomic E-state index is 13.6. The first-order valence-electron chi connectivity index (χ1n) is 10.6. The molecule has 0 fully saturated rings. The molecule has 4 heterocycles. The third-order valence-corrected chi connectivity index (χ3v) is 5.35. The van der Waals surface area contributed by atoms with Crippen molar-refractivity contribution < 1.29 is 9.13 Å². The van der Waals surface area contributed by atoms with Crippen LogP contribution in [0.4, 0.5) is 10.3 Å². The molecule has 1 aliphatic rings. The number of nitrogens with zero attached hydrogens (tertiary/aromatic N) is 6. The van der Waals surface area contributed by atoms with E-state index < -0.39 is 0 Å². The Bertz CT molecular complexity index is 1210. The van der Waals surface area contributed by atoms with Crippen LogP contribution in [0.25, 0.3) is 22.6 Å². The highest BCUT2D eigenvalue weighted by Gasteiger charge is 2.31. The average molecular weight is 431 g/mol. The van der Waals surface area contributed by atoms with Gasteiger partial charge in [0.1, 0.15) is 18.2 Å². The molecule has 0 aliphatic carbocycles. The summed E-state index contributed by atoms with van der Waals surface area (Å²) < 4.78 is 21.6. The molecule has 1 N–H and O–H groups in total. The number of aromatic nitrogens is 6. The lowest BCUT2D eigenvalue weighted by atomic mass is 10.1. The van der Waals surface area contributed by atoms with Gasteiger partial charge in [0.25, 0.3) is 0 Å². The van der Waals surface area contributed by atoms with Gasteiger partial charge in [0.15, 0.2) is 0 Å². The number of halogens is 1. The molecule has 0 saturated carbocycles. The Morgan fingerprint density at radius 2 is 1.88 bits per heavy atom. The maximum atomic E-state index is 13.6. The Labute approximate surface area is 184 Å². The Morgan fingerprint density at radius 1 is 1.06 bits per heavy atom. The molecule has 1 atom stereocenters. The maximum Gasteiger partial charge on any atom is 0.316 e. The Kier molecular flexibility index (Phi) is 5.45. The van der Waals surface area contributed by atoms with Crippen LogP contribution in [0.15, 0.2) is 55.0 Å². The van der Waals surface area contributed by atoms with Crippen molar-refractivity contribution in [3.63, 3.8) is 0 Å². The quantitative estimate of drug-likeness (QED) is 0.474. The van der Waals surface area contributed by atoms with Gasteiger partial charge >= 0.3 is 6.01 Å². The van der Waals surface area contributed by atoms with Gasteiger partial charge in [-0.25, -0.2) is 29.3 Å². The lowest BCUT2D eigenvalue weighted by Gasteiger charge is -2.17. The number of ether oxygens (including phenoxy) is 1. The molecule has 5 rings (SSSR count). The minimum atomic E-state index is -0.285. The van der Waals surface area contributed by atoms with Crippen LogP contribution in [0.5, 0.6) is 6.01 Å². The van der Waals surface area contributed by atoms with Crippen LogP contribution in [0.3, 0.4) is 0 Å². The summed E-state index contributed by atoms with van der Waals surface area (Å²) in [5, 5.41) is 3.16. The van der Waals surface area contributed by atoms with Crippen LogP contribution in [-0.4, -0.2) is 42.6 Å². The molecular formula is C23H22FN7O. The van der Waals surface area contributed by atoms with Crippen LogP contribution >= 0.6 is 0 Å². The predicted molar refractivity (Wildman–Crippen MR) is 118 cm³/mol. The smallest absolute Gasteiger partial charge is 0.316 e. The van der Waals surface area contributed by atoms with Crippen LogP contribution in [-0.2, 0) is 6.42 Å². The van der Waals surface area contributed by atoms with Gasteiger partial charge in [0.05, 0.1) is 23.1 Å². The summed E-state index contributed by atoms with van der Waals surface area (Å²) in [5.74, 6) is 1.22. The number of benzene rings is 1. The minimum absolute atomic E-state index is 0.0445. The summed E-state index contributed by atoms with van der Waals surface area (Å²) in [6.07, 6.45) is 6.73. The average Bonchev–Trinajstić information content (AvgIpc) is 3.39. The number of aryl methyl sites for hydroxylation is 1. The van der Waals surface area contributed by atoms with Gasteiger partial charge in [-0.05, 0) is 49.7 Å². The zero-order valence-corrected chi connectivity index (χ0v) is 17.6. The first-order chi connectivity index (χ1) is 15.7. The Balaban J connectivity index is 1.58. The van der Waals surface area contributed by atoms with Crippen molar-refractivity contribution in [2.45, 2.75) is 25.8 Å². The molecule has 1 aliphatic heterocycles. The SMILES string of the molecule is CCNc1nccc(-c2c(-c3ccc(F)cc3)nc3n2[C@H](COc2ncccn2)CC3)n1. The zero-order chi connectivity index (χ0) is 21.9. The summed E-state index contributed by atoms with van der Waals surface area (Å²) in [6, 6.07) is 10.4. The standard InChI is InChI=1S/C23H22FN7O/c1-2-25-22-26-13-10-18(29-22)21-20(15-4-6-16(24)7-5-15)30-19-9-8-17(31(19)21)14-32-23-27-11-3-12-28-23/h3-7,10-13,17H,2,8-9,14H2,1H3,(H,25,26,29)/t17-/m0/s1. The molecule has 4 aromatic rings. The van der Waals surface area contributed by atoms with Crippen LogP contribution in [0.2, 0.25) is 0 Å². The highest BCUT2D eigenvalue weighted by molar-refractivity contribution is 5.78. The highest BCUT2D eigenvalue weighted by Crippen LogP contribution is 2.39. The lowest BCUT2D eigenvalue weighted by Crippen LogP contribution is -2.16. The topological polar surface area (TPSA) is 90.6 Å². The number of imidazole rings is 1. The van der Waals surface area contributed by atoms with Crippen molar-refractivity contribution in [1.29, 1.82) is 0 Å². The second-order valence-corrected chi connectivity index (χ2v) is 7.43. The summed E-state index contributed by atoms with van der Waals surface area (Å²) >= 11 is 0. The second-order valence-electron chi connectivity index (χ2n) is 7.43. The van der Waals surface area contributed by atoms with Gasteiger partial charge in [-0.2, -0.15) is 0 Å². The molecule has 0 spiro atoms. The van der Waals surface area contributed by atoms with Crippen molar-refractivity contribution in [2.75, 3.05) is 18.5 Å². The summed E-state index contributed by atoms with van der Waals surface area (Å²) in [6.45, 7) is 3.12. The van der Waals surface area contributed by atoms with Crippen LogP contribution in [0, 0.1) is 5.82 Å². The minimum Gasteiger partial charge on any atom is -0.461 e. The van der Waals surface area contributed by atoms with Crippen LogP contribution in [0.1, 0.15) is 25.2 Å². The van der Waals surface area contributed by atoms with Crippen molar-refractivity contribution >= 4 is 5.95 Å². The number of rotatable bonds is 7. The van der Waals surface area contributed by atoms with Gasteiger partial charge in [0.2, 0.25) is 5.95 Å². The van der Waals surface area contributed by atoms with E-state index in [1.54, 1.807) is 36.8 Å². The molecular weight excluding hydrogens is 409 g/mol.